The first kappa shape index (κ1) is 9.97. The lowest BCUT2D eigenvalue weighted by molar-refractivity contribution is 0.0958. The third-order valence-electron chi connectivity index (χ3n) is 3.31. The molecule has 0 aromatic rings. The van der Waals surface area contributed by atoms with Crippen molar-refractivity contribution in [3.8, 4) is 0 Å². The molecule has 2 rings (SSSR count). The van der Waals surface area contributed by atoms with Gasteiger partial charge in [-0.15, -0.1) is 0 Å². The molecule has 2 aliphatic rings. The van der Waals surface area contributed by atoms with Crippen molar-refractivity contribution in [1.29, 1.82) is 0 Å². The Balaban J connectivity index is 2.23. The summed E-state index contributed by atoms with van der Waals surface area (Å²) in [6.07, 6.45) is 3.71. The summed E-state index contributed by atoms with van der Waals surface area (Å²) in [6.45, 7) is 6.69. The molecule has 3 nitrogen and oxygen atoms in total. The number of nitrogens with zero attached hydrogens (tertiary/aromatic N) is 2. The summed E-state index contributed by atoms with van der Waals surface area (Å²) in [6, 6.07) is 0.553. The van der Waals surface area contributed by atoms with Crippen LogP contribution in [0.25, 0.3) is 0 Å². The zero-order valence-corrected chi connectivity index (χ0v) is 9.32. The van der Waals surface area contributed by atoms with Gasteiger partial charge in [0.05, 0.1) is 18.4 Å². The lowest BCUT2D eigenvalue weighted by Crippen LogP contribution is -2.42. The van der Waals surface area contributed by atoms with Crippen molar-refractivity contribution >= 4 is 5.71 Å². The molecule has 0 aromatic heterocycles. The maximum Gasteiger partial charge on any atom is 0.0835 e. The van der Waals surface area contributed by atoms with Crippen LogP contribution in [0.15, 0.2) is 5.10 Å². The highest BCUT2D eigenvalue weighted by Gasteiger charge is 2.43. The van der Waals surface area contributed by atoms with Gasteiger partial charge in [-0.2, -0.15) is 5.10 Å². The maximum absolute atomic E-state index is 9.24. The molecule has 3 heteroatoms. The molecule has 0 spiro atoms. The van der Waals surface area contributed by atoms with Crippen LogP contribution >= 0.6 is 0 Å². The minimum absolute atomic E-state index is 0.0875. The molecule has 1 saturated carbocycles. The molecule has 80 valence electrons. The molecule has 1 aliphatic carbocycles. The van der Waals surface area contributed by atoms with Gasteiger partial charge in [0.1, 0.15) is 0 Å². The third-order valence-corrected chi connectivity index (χ3v) is 3.31. The lowest BCUT2D eigenvalue weighted by atomic mass is 9.97. The summed E-state index contributed by atoms with van der Waals surface area (Å²) in [4.78, 5) is 0. The van der Waals surface area contributed by atoms with E-state index in [1.54, 1.807) is 0 Å². The fourth-order valence-electron chi connectivity index (χ4n) is 2.70. The normalized spacial score (nSPS) is 32.0. The molecule has 1 aliphatic heterocycles. The summed E-state index contributed by atoms with van der Waals surface area (Å²) >= 11 is 0. The number of hydrazone groups is 1. The summed E-state index contributed by atoms with van der Waals surface area (Å²) in [7, 11) is 0. The van der Waals surface area contributed by atoms with E-state index in [0.717, 1.165) is 5.71 Å². The second-order valence-electron chi connectivity index (χ2n) is 5.37. The van der Waals surface area contributed by atoms with Gasteiger partial charge in [-0.05, 0) is 33.6 Å². The highest BCUT2D eigenvalue weighted by Crippen LogP contribution is 2.39. The number of hydrogen-bond acceptors (Lipinski definition) is 3. The predicted octanol–water partition coefficient (Wildman–Crippen LogP) is 1.62. The average Bonchev–Trinajstić information content (AvgIpc) is 2.59. The first-order valence-electron chi connectivity index (χ1n) is 5.51. The zero-order chi connectivity index (χ0) is 10.3. The Kier molecular flexibility index (Phi) is 2.30. The molecule has 2 unspecified atom stereocenters. The molecular formula is C11H20N2O. The van der Waals surface area contributed by atoms with Crippen LogP contribution in [0, 0.1) is 5.92 Å². The fourth-order valence-corrected chi connectivity index (χ4v) is 2.70. The van der Waals surface area contributed by atoms with Gasteiger partial charge in [0.25, 0.3) is 0 Å². The van der Waals surface area contributed by atoms with Crippen molar-refractivity contribution in [1.82, 2.24) is 5.01 Å². The Bertz CT molecular complexity index is 255. The zero-order valence-electron chi connectivity index (χ0n) is 9.32. The highest BCUT2D eigenvalue weighted by molar-refractivity contribution is 5.89. The smallest absolute Gasteiger partial charge is 0.0835 e. The quantitative estimate of drug-likeness (QED) is 0.691. The van der Waals surface area contributed by atoms with Crippen LogP contribution in [0.3, 0.4) is 0 Å². The Labute approximate surface area is 85.8 Å². The molecular weight excluding hydrogens is 176 g/mol. The van der Waals surface area contributed by atoms with E-state index in [0.29, 0.717) is 12.0 Å². The van der Waals surface area contributed by atoms with Crippen molar-refractivity contribution in [3.05, 3.63) is 0 Å². The van der Waals surface area contributed by atoms with Gasteiger partial charge in [0, 0.05) is 11.5 Å². The Morgan fingerprint density at radius 1 is 1.43 bits per heavy atom. The van der Waals surface area contributed by atoms with Crippen LogP contribution in [-0.4, -0.2) is 34.0 Å². The van der Waals surface area contributed by atoms with Crippen molar-refractivity contribution in [2.24, 2.45) is 11.0 Å². The number of aliphatic hydroxyl groups is 1. The fraction of sp³-hybridized carbons (Fsp3) is 0.909. The Hall–Kier alpha value is -0.570. The van der Waals surface area contributed by atoms with Gasteiger partial charge in [-0.3, -0.25) is 5.01 Å². The maximum atomic E-state index is 9.24. The van der Waals surface area contributed by atoms with Crippen LogP contribution in [-0.2, 0) is 0 Å². The number of aliphatic hydroxyl groups excluding tert-OH is 1. The largest absolute Gasteiger partial charge is 0.390 e. The Morgan fingerprint density at radius 2 is 2.14 bits per heavy atom. The second-order valence-corrected chi connectivity index (χ2v) is 5.37. The summed E-state index contributed by atoms with van der Waals surface area (Å²) < 4.78 is 0. The molecule has 1 heterocycles. The average molecular weight is 196 g/mol. The van der Waals surface area contributed by atoms with Crippen molar-refractivity contribution in [2.75, 3.05) is 6.61 Å². The van der Waals surface area contributed by atoms with Gasteiger partial charge < -0.3 is 5.11 Å². The van der Waals surface area contributed by atoms with E-state index < -0.39 is 0 Å². The molecule has 2 atom stereocenters. The van der Waals surface area contributed by atoms with Crippen LogP contribution < -0.4 is 0 Å². The summed E-state index contributed by atoms with van der Waals surface area (Å²) in [5.74, 6) is 0.527. The van der Waals surface area contributed by atoms with Gasteiger partial charge in [-0.1, -0.05) is 6.42 Å². The molecule has 14 heavy (non-hydrogen) atoms. The van der Waals surface area contributed by atoms with E-state index in [2.05, 4.69) is 30.9 Å². The van der Waals surface area contributed by atoms with Crippen molar-refractivity contribution in [2.45, 2.75) is 51.6 Å². The predicted molar refractivity (Wildman–Crippen MR) is 57.2 cm³/mol. The first-order chi connectivity index (χ1) is 6.54. The lowest BCUT2D eigenvalue weighted by Gasteiger charge is -2.35. The number of fused-ring (bicyclic) bond motifs is 1. The molecule has 0 amide bonds. The minimum atomic E-state index is 0.0875. The molecule has 1 N–H and O–H groups in total. The number of rotatable bonds is 1. The molecule has 0 saturated heterocycles. The van der Waals surface area contributed by atoms with Gasteiger partial charge in [0.15, 0.2) is 0 Å². The van der Waals surface area contributed by atoms with Crippen molar-refractivity contribution < 1.29 is 5.11 Å². The van der Waals surface area contributed by atoms with Gasteiger partial charge in [0.2, 0.25) is 0 Å². The summed E-state index contributed by atoms with van der Waals surface area (Å²) in [5, 5.41) is 16.0. The highest BCUT2D eigenvalue weighted by atomic mass is 16.3. The Morgan fingerprint density at radius 3 is 2.71 bits per heavy atom. The minimum Gasteiger partial charge on any atom is -0.390 e. The third kappa shape index (κ3) is 1.44. The van der Waals surface area contributed by atoms with E-state index in [1.165, 1.54) is 19.3 Å². The van der Waals surface area contributed by atoms with E-state index in [4.69, 9.17) is 0 Å². The topological polar surface area (TPSA) is 35.8 Å². The molecule has 0 aromatic carbocycles. The van der Waals surface area contributed by atoms with Crippen molar-refractivity contribution in [3.63, 3.8) is 0 Å². The number of hydrogen-bond donors (Lipinski definition) is 1. The SMILES string of the molecule is CC(C)(C)N1N=C(CO)C2CCCC21. The second kappa shape index (κ2) is 3.23. The molecule has 0 bridgehead atoms. The monoisotopic (exact) mass is 196 g/mol. The molecule has 0 radical (unpaired) electrons. The van der Waals surface area contributed by atoms with Gasteiger partial charge in [-0.25, -0.2) is 0 Å². The standard InChI is InChI=1S/C11H20N2O/c1-11(2,3)13-10-6-4-5-8(10)9(7-14)12-13/h8,10,14H,4-7H2,1-3H3. The first-order valence-corrected chi connectivity index (χ1v) is 5.51. The summed E-state index contributed by atoms with van der Waals surface area (Å²) in [5.41, 5.74) is 1.09. The van der Waals surface area contributed by atoms with Crippen LogP contribution in [0.5, 0.6) is 0 Å². The van der Waals surface area contributed by atoms with Crippen LogP contribution in [0.4, 0.5) is 0 Å². The van der Waals surface area contributed by atoms with E-state index in [9.17, 15) is 5.11 Å². The van der Waals surface area contributed by atoms with Crippen LogP contribution in [0.2, 0.25) is 0 Å². The molecule has 1 fully saturated rings. The van der Waals surface area contributed by atoms with Crippen LogP contribution in [0.1, 0.15) is 40.0 Å². The van der Waals surface area contributed by atoms with E-state index in [1.807, 2.05) is 0 Å². The van der Waals surface area contributed by atoms with Gasteiger partial charge >= 0.3 is 0 Å². The van der Waals surface area contributed by atoms with E-state index in [-0.39, 0.29) is 12.1 Å². The van der Waals surface area contributed by atoms with E-state index >= 15 is 0 Å².